The third kappa shape index (κ3) is 3.49. The average Bonchev–Trinajstić information content (AvgIpc) is 2.29. The topological polar surface area (TPSA) is 89.2 Å². The van der Waals surface area contributed by atoms with E-state index in [-0.39, 0.29) is 0 Å². The van der Waals surface area contributed by atoms with Crippen molar-refractivity contribution in [2.45, 2.75) is 18.6 Å². The van der Waals surface area contributed by atoms with Gasteiger partial charge in [-0.25, -0.2) is 0 Å². The molecule has 15 heavy (non-hydrogen) atoms. The van der Waals surface area contributed by atoms with Gasteiger partial charge in [-0.05, 0) is 35.7 Å². The van der Waals surface area contributed by atoms with Crippen LogP contribution in [0.15, 0.2) is 23.3 Å². The Labute approximate surface area is 87.6 Å². The average molecular weight is 205 g/mol. The number of aliphatic hydroxyl groups is 2. The molecule has 0 saturated heterocycles. The molecule has 0 bridgehead atoms. The lowest BCUT2D eigenvalue weighted by Crippen LogP contribution is -2.29. The van der Waals surface area contributed by atoms with Gasteiger partial charge in [0.1, 0.15) is 0 Å². The van der Waals surface area contributed by atoms with Crippen molar-refractivity contribution < 1.29 is 10.2 Å². The molecule has 5 nitrogen and oxygen atoms in total. The smallest absolute Gasteiger partial charge is 0.0858 e. The zero-order valence-electron chi connectivity index (χ0n) is 8.04. The number of nitrogens with zero attached hydrogens (tertiary/aromatic N) is 3. The summed E-state index contributed by atoms with van der Waals surface area (Å²) in [6.45, 7) is -0.424. The maximum Gasteiger partial charge on any atom is 0.0858 e. The molecule has 5 heteroatoms. The van der Waals surface area contributed by atoms with Crippen LogP contribution in [0, 0.1) is 12.1 Å². The van der Waals surface area contributed by atoms with Crippen LogP contribution < -0.4 is 0 Å². The van der Waals surface area contributed by atoms with Gasteiger partial charge in [-0.2, -0.15) is 0 Å². The second kappa shape index (κ2) is 5.89. The van der Waals surface area contributed by atoms with Crippen LogP contribution in [0.1, 0.15) is 5.56 Å². The van der Waals surface area contributed by atoms with Gasteiger partial charge in [0.2, 0.25) is 0 Å². The lowest BCUT2D eigenvalue weighted by molar-refractivity contribution is 0.0743. The van der Waals surface area contributed by atoms with Crippen molar-refractivity contribution in [3.05, 3.63) is 46.3 Å². The van der Waals surface area contributed by atoms with Crippen LogP contribution in [0.4, 0.5) is 0 Å². The minimum Gasteiger partial charge on any atom is -0.394 e. The van der Waals surface area contributed by atoms with E-state index < -0.39 is 18.8 Å². The molecule has 2 N–H and O–H groups in total. The van der Waals surface area contributed by atoms with Crippen LogP contribution in [0.5, 0.6) is 0 Å². The fourth-order valence-corrected chi connectivity index (χ4v) is 1.19. The Bertz CT molecular complexity index is 336. The van der Waals surface area contributed by atoms with Crippen LogP contribution >= 0.6 is 0 Å². The summed E-state index contributed by atoms with van der Waals surface area (Å²) in [5, 5.41) is 21.6. The third-order valence-electron chi connectivity index (χ3n) is 2.00. The van der Waals surface area contributed by atoms with Gasteiger partial charge < -0.3 is 10.2 Å². The maximum atomic E-state index is 9.38. The van der Waals surface area contributed by atoms with Crippen molar-refractivity contribution in [2.75, 3.05) is 6.61 Å². The Morgan fingerprint density at radius 1 is 1.53 bits per heavy atom. The normalized spacial score (nSPS) is 13.5. The molecule has 0 amide bonds. The molecule has 0 fully saturated rings. The Hall–Kier alpha value is -1.73. The fraction of sp³-hybridized carbons (Fsp3) is 0.400. The summed E-state index contributed by atoms with van der Waals surface area (Å²) < 4.78 is 0. The summed E-state index contributed by atoms with van der Waals surface area (Å²) in [6.07, 6.45) is -0.665. The number of hydrogen-bond donors (Lipinski definition) is 2. The first-order valence-electron chi connectivity index (χ1n) is 4.47. The van der Waals surface area contributed by atoms with E-state index in [1.807, 2.05) is 0 Å². The van der Waals surface area contributed by atoms with Gasteiger partial charge in [0.15, 0.2) is 0 Å². The van der Waals surface area contributed by atoms with Crippen LogP contribution in [0.3, 0.4) is 0 Å². The first-order chi connectivity index (χ1) is 7.27. The van der Waals surface area contributed by atoms with Crippen LogP contribution in [-0.4, -0.2) is 29.0 Å². The summed E-state index contributed by atoms with van der Waals surface area (Å²) in [5.41, 5.74) is 9.18. The summed E-state index contributed by atoms with van der Waals surface area (Å²) in [5.74, 6) is 0. The van der Waals surface area contributed by atoms with Crippen LogP contribution in [0.2, 0.25) is 0 Å². The highest BCUT2D eigenvalue weighted by Crippen LogP contribution is 2.08. The van der Waals surface area contributed by atoms with E-state index in [0.717, 1.165) is 5.56 Å². The zero-order chi connectivity index (χ0) is 11.1. The maximum absolute atomic E-state index is 9.38. The van der Waals surface area contributed by atoms with Crippen molar-refractivity contribution in [1.29, 1.82) is 0 Å². The monoisotopic (exact) mass is 205 g/mol. The first kappa shape index (κ1) is 11.3. The van der Waals surface area contributed by atoms with Gasteiger partial charge in [-0.3, -0.25) is 0 Å². The molecule has 1 aromatic rings. The number of rotatable bonds is 5. The Morgan fingerprint density at radius 3 is 2.87 bits per heavy atom. The second-order valence-corrected chi connectivity index (χ2v) is 3.07. The van der Waals surface area contributed by atoms with E-state index in [1.165, 1.54) is 0 Å². The lowest BCUT2D eigenvalue weighted by Gasteiger charge is -2.15. The van der Waals surface area contributed by atoms with E-state index in [9.17, 15) is 5.11 Å². The molecular formula is C10H11N3O2. The van der Waals surface area contributed by atoms with Crippen LogP contribution in [0.25, 0.3) is 10.4 Å². The minimum atomic E-state index is -1.04. The number of aliphatic hydroxyl groups excluding tert-OH is 2. The lowest BCUT2D eigenvalue weighted by atomic mass is 10.0. The molecule has 78 valence electrons. The summed E-state index contributed by atoms with van der Waals surface area (Å²) in [7, 11) is 0. The highest BCUT2D eigenvalue weighted by molar-refractivity contribution is 5.12. The van der Waals surface area contributed by atoms with Gasteiger partial charge in [0.05, 0.1) is 18.8 Å². The van der Waals surface area contributed by atoms with E-state index in [0.29, 0.717) is 6.42 Å². The molecule has 0 saturated carbocycles. The molecule has 1 aromatic carbocycles. The minimum absolute atomic E-state index is 0.372. The summed E-state index contributed by atoms with van der Waals surface area (Å²) in [4.78, 5) is 2.64. The number of azide groups is 1. The van der Waals surface area contributed by atoms with Crippen molar-refractivity contribution >= 4 is 0 Å². The van der Waals surface area contributed by atoms with Gasteiger partial charge >= 0.3 is 0 Å². The van der Waals surface area contributed by atoms with Gasteiger partial charge in [0, 0.05) is 4.91 Å². The Kier molecular flexibility index (Phi) is 4.45. The molecule has 0 heterocycles. The molecule has 0 aliphatic heterocycles. The Balaban J connectivity index is 2.71. The zero-order valence-corrected chi connectivity index (χ0v) is 8.04. The van der Waals surface area contributed by atoms with Crippen molar-refractivity contribution in [3.63, 3.8) is 0 Å². The molecule has 0 radical (unpaired) electrons. The van der Waals surface area contributed by atoms with Crippen LogP contribution in [-0.2, 0) is 6.42 Å². The summed E-state index contributed by atoms with van der Waals surface area (Å²) >= 11 is 0. The van der Waals surface area contributed by atoms with E-state index in [2.05, 4.69) is 22.2 Å². The number of hydrogen-bond acceptors (Lipinski definition) is 3. The van der Waals surface area contributed by atoms with Gasteiger partial charge in [0.25, 0.3) is 0 Å². The standard InChI is InChI=1S/C10H11N3O2/c11-13-12-9(10(15)7-14)6-8-4-2-1-3-5-8/h2,4-5,9-10,14-15H,6-7H2/t9-,10+/m0/s1. The highest BCUT2D eigenvalue weighted by Gasteiger charge is 2.17. The molecule has 2 atom stereocenters. The molecule has 0 unspecified atom stereocenters. The van der Waals surface area contributed by atoms with Crippen molar-refractivity contribution in [1.82, 2.24) is 0 Å². The fourth-order valence-electron chi connectivity index (χ4n) is 1.19. The SMILES string of the molecule is [N-]=[N+]=N[C@@H](Cc1cc#ccc1)[C@H](O)CO. The second-order valence-electron chi connectivity index (χ2n) is 3.07. The molecule has 1 rings (SSSR count). The highest BCUT2D eigenvalue weighted by atomic mass is 16.3. The summed E-state index contributed by atoms with van der Waals surface area (Å²) in [6, 6.07) is 10.0. The predicted octanol–water partition coefficient (Wildman–Crippen LogP) is 0.862. The molecule has 0 aromatic heterocycles. The van der Waals surface area contributed by atoms with Gasteiger partial charge in [-0.15, -0.1) is 0 Å². The molecular weight excluding hydrogens is 194 g/mol. The molecule has 0 spiro atoms. The van der Waals surface area contributed by atoms with E-state index >= 15 is 0 Å². The largest absolute Gasteiger partial charge is 0.394 e. The van der Waals surface area contributed by atoms with Crippen molar-refractivity contribution in [3.8, 4) is 0 Å². The van der Waals surface area contributed by atoms with E-state index in [4.69, 9.17) is 10.6 Å². The molecule has 0 aliphatic carbocycles. The first-order valence-corrected chi connectivity index (χ1v) is 4.47. The van der Waals surface area contributed by atoms with Crippen molar-refractivity contribution in [2.24, 2.45) is 5.11 Å². The van der Waals surface area contributed by atoms with E-state index in [1.54, 1.807) is 18.2 Å². The Morgan fingerprint density at radius 2 is 2.33 bits per heavy atom. The predicted molar refractivity (Wildman–Crippen MR) is 53.8 cm³/mol. The molecule has 0 aliphatic rings. The quantitative estimate of drug-likeness (QED) is 0.424. The third-order valence-corrected chi connectivity index (χ3v) is 2.00. The van der Waals surface area contributed by atoms with Gasteiger partial charge in [-0.1, -0.05) is 17.2 Å².